The molecule has 3 amide bonds. The van der Waals surface area contributed by atoms with Gasteiger partial charge in [-0.05, 0) is 89.4 Å². The fourth-order valence-corrected chi connectivity index (χ4v) is 4.84. The van der Waals surface area contributed by atoms with E-state index in [0.29, 0.717) is 42.0 Å². The standard InChI is InChI=1S/C31H38N4O7/c1-31(2,3)42-30(40)35-16-6-10-25(35)29(39)34-19-27(37)21-7-4-8-23(17-21)41-22-13-11-20(12-14-22)26(36)18-33-28(38)24-9-5-15-32-24/h4,7-8,11-14,17,24-25,32H,5-6,9-10,15-16,18-19H2,1-3H3,(H,33,38)(H,34,39). The Morgan fingerprint density at radius 1 is 0.857 bits per heavy atom. The lowest BCUT2D eigenvalue weighted by atomic mass is 10.1. The first-order chi connectivity index (χ1) is 20.0. The van der Waals surface area contributed by atoms with Crippen molar-refractivity contribution in [2.45, 2.75) is 64.1 Å². The van der Waals surface area contributed by atoms with Crippen LogP contribution >= 0.6 is 0 Å². The summed E-state index contributed by atoms with van der Waals surface area (Å²) in [5.74, 6) is -0.220. The summed E-state index contributed by atoms with van der Waals surface area (Å²) in [4.78, 5) is 64.1. The lowest BCUT2D eigenvalue weighted by Crippen LogP contribution is -2.48. The molecule has 0 saturated carbocycles. The van der Waals surface area contributed by atoms with Crippen molar-refractivity contribution in [3.8, 4) is 11.5 Å². The first-order valence-electron chi connectivity index (χ1n) is 14.2. The van der Waals surface area contributed by atoms with E-state index in [9.17, 15) is 24.0 Å². The van der Waals surface area contributed by atoms with Gasteiger partial charge in [-0.2, -0.15) is 0 Å². The Hall–Kier alpha value is -4.25. The van der Waals surface area contributed by atoms with Crippen LogP contribution in [0.1, 0.15) is 67.2 Å². The van der Waals surface area contributed by atoms with E-state index in [1.807, 2.05) is 0 Å². The summed E-state index contributed by atoms with van der Waals surface area (Å²) in [6.07, 6.45) is 2.34. The molecule has 42 heavy (non-hydrogen) atoms. The molecule has 0 aromatic heterocycles. The van der Waals surface area contributed by atoms with Crippen molar-refractivity contribution in [3.63, 3.8) is 0 Å². The molecule has 2 aliphatic heterocycles. The molecule has 2 aromatic carbocycles. The van der Waals surface area contributed by atoms with Gasteiger partial charge in [0.1, 0.15) is 23.1 Å². The van der Waals surface area contributed by atoms with E-state index < -0.39 is 23.6 Å². The number of Topliss-reactive ketones (excluding diaryl/α,β-unsaturated/α-hetero) is 2. The topological polar surface area (TPSA) is 143 Å². The van der Waals surface area contributed by atoms with Crippen LogP contribution < -0.4 is 20.7 Å². The number of ketones is 2. The van der Waals surface area contributed by atoms with Crippen LogP contribution in [0.4, 0.5) is 4.79 Å². The van der Waals surface area contributed by atoms with E-state index in [1.54, 1.807) is 69.3 Å². The molecular formula is C31H38N4O7. The van der Waals surface area contributed by atoms with Gasteiger partial charge in [0.25, 0.3) is 0 Å². The predicted molar refractivity (Wildman–Crippen MR) is 155 cm³/mol. The van der Waals surface area contributed by atoms with Crippen molar-refractivity contribution < 1.29 is 33.4 Å². The van der Waals surface area contributed by atoms with Crippen LogP contribution in [0.15, 0.2) is 48.5 Å². The van der Waals surface area contributed by atoms with Crippen LogP contribution in [0, 0.1) is 0 Å². The zero-order valence-electron chi connectivity index (χ0n) is 24.2. The van der Waals surface area contributed by atoms with Crippen molar-refractivity contribution in [2.24, 2.45) is 0 Å². The summed E-state index contributed by atoms with van der Waals surface area (Å²) in [6, 6.07) is 12.2. The van der Waals surface area contributed by atoms with Gasteiger partial charge in [-0.1, -0.05) is 12.1 Å². The second-order valence-electron chi connectivity index (χ2n) is 11.4. The van der Waals surface area contributed by atoms with E-state index >= 15 is 0 Å². The average Bonchev–Trinajstić information content (AvgIpc) is 3.67. The quantitative estimate of drug-likeness (QED) is 0.365. The van der Waals surface area contributed by atoms with Crippen molar-refractivity contribution in [3.05, 3.63) is 59.7 Å². The summed E-state index contributed by atoms with van der Waals surface area (Å²) < 4.78 is 11.3. The number of nitrogens with zero attached hydrogens (tertiary/aromatic N) is 1. The number of hydrogen-bond donors (Lipinski definition) is 3. The maximum Gasteiger partial charge on any atom is 0.410 e. The molecule has 4 rings (SSSR count). The number of hydrogen-bond acceptors (Lipinski definition) is 8. The number of benzene rings is 2. The highest BCUT2D eigenvalue weighted by Gasteiger charge is 2.36. The van der Waals surface area contributed by atoms with Gasteiger partial charge in [0.2, 0.25) is 11.8 Å². The maximum atomic E-state index is 12.8. The minimum absolute atomic E-state index is 0.0856. The molecule has 0 radical (unpaired) electrons. The Kier molecular flexibility index (Phi) is 9.95. The van der Waals surface area contributed by atoms with Gasteiger partial charge >= 0.3 is 6.09 Å². The van der Waals surface area contributed by atoms with Crippen LogP contribution in [0.2, 0.25) is 0 Å². The van der Waals surface area contributed by atoms with Gasteiger partial charge < -0.3 is 25.4 Å². The van der Waals surface area contributed by atoms with Crippen molar-refractivity contribution in [2.75, 3.05) is 26.2 Å². The zero-order valence-corrected chi connectivity index (χ0v) is 24.2. The summed E-state index contributed by atoms with van der Waals surface area (Å²) in [5, 5.41) is 8.43. The number of amides is 3. The number of carbonyl (C=O) groups is 5. The molecule has 2 heterocycles. The first kappa shape index (κ1) is 30.7. The van der Waals surface area contributed by atoms with Crippen LogP contribution in [0.5, 0.6) is 11.5 Å². The lowest BCUT2D eigenvalue weighted by Gasteiger charge is -2.28. The number of rotatable bonds is 10. The van der Waals surface area contributed by atoms with Crippen LogP contribution in [0.3, 0.4) is 0 Å². The second-order valence-corrected chi connectivity index (χ2v) is 11.4. The van der Waals surface area contributed by atoms with E-state index in [1.165, 1.54) is 4.90 Å². The van der Waals surface area contributed by atoms with Gasteiger partial charge in [0.05, 0.1) is 19.1 Å². The molecule has 11 heteroatoms. The van der Waals surface area contributed by atoms with Crippen molar-refractivity contribution in [1.82, 2.24) is 20.9 Å². The normalized spacial score (nSPS) is 18.3. The van der Waals surface area contributed by atoms with Crippen molar-refractivity contribution in [1.29, 1.82) is 0 Å². The Morgan fingerprint density at radius 3 is 2.21 bits per heavy atom. The molecule has 2 atom stereocenters. The Bertz CT molecular complexity index is 1310. The largest absolute Gasteiger partial charge is 0.457 e. The van der Waals surface area contributed by atoms with E-state index in [0.717, 1.165) is 19.4 Å². The molecule has 2 fully saturated rings. The van der Waals surface area contributed by atoms with Gasteiger partial charge in [-0.25, -0.2) is 4.79 Å². The molecule has 0 aliphatic carbocycles. The zero-order chi connectivity index (χ0) is 30.3. The van der Waals surface area contributed by atoms with E-state index in [2.05, 4.69) is 16.0 Å². The van der Waals surface area contributed by atoms with Gasteiger partial charge in [0.15, 0.2) is 11.6 Å². The number of likely N-dealkylation sites (tertiary alicyclic amines) is 1. The smallest absolute Gasteiger partial charge is 0.410 e. The van der Waals surface area contributed by atoms with E-state index in [-0.39, 0.29) is 36.6 Å². The van der Waals surface area contributed by atoms with Crippen LogP contribution in [-0.2, 0) is 14.3 Å². The predicted octanol–water partition coefficient (Wildman–Crippen LogP) is 3.23. The molecule has 2 saturated heterocycles. The molecule has 2 aliphatic rings. The molecule has 11 nitrogen and oxygen atoms in total. The number of nitrogens with one attached hydrogen (secondary N) is 3. The Morgan fingerprint density at radius 2 is 1.55 bits per heavy atom. The molecule has 224 valence electrons. The summed E-state index contributed by atoms with van der Waals surface area (Å²) in [5.41, 5.74) is 0.117. The molecule has 3 N–H and O–H groups in total. The summed E-state index contributed by atoms with van der Waals surface area (Å²) >= 11 is 0. The SMILES string of the molecule is CC(C)(C)OC(=O)N1CCCC1C(=O)NCC(=O)c1cccc(Oc2ccc(C(=O)CNC(=O)C3CCCN3)cc2)c1. The fraction of sp³-hybridized carbons (Fsp3) is 0.452. The third kappa shape index (κ3) is 8.39. The van der Waals surface area contributed by atoms with Gasteiger partial charge in [0, 0.05) is 17.7 Å². The van der Waals surface area contributed by atoms with E-state index in [4.69, 9.17) is 9.47 Å². The number of carbonyl (C=O) groups excluding carboxylic acids is 5. The minimum Gasteiger partial charge on any atom is -0.457 e. The molecule has 0 bridgehead atoms. The van der Waals surface area contributed by atoms with Gasteiger partial charge in [-0.3, -0.25) is 24.1 Å². The number of ether oxygens (including phenoxy) is 2. The van der Waals surface area contributed by atoms with Crippen LogP contribution in [0.25, 0.3) is 0 Å². The second kappa shape index (κ2) is 13.6. The summed E-state index contributed by atoms with van der Waals surface area (Å²) in [7, 11) is 0. The van der Waals surface area contributed by atoms with Gasteiger partial charge in [-0.15, -0.1) is 0 Å². The molecular weight excluding hydrogens is 540 g/mol. The maximum absolute atomic E-state index is 12.8. The Balaban J connectivity index is 1.27. The average molecular weight is 579 g/mol. The molecule has 2 unspecified atom stereocenters. The summed E-state index contributed by atoms with van der Waals surface area (Å²) in [6.45, 7) is 6.20. The highest BCUT2D eigenvalue weighted by atomic mass is 16.6. The minimum atomic E-state index is -0.683. The lowest BCUT2D eigenvalue weighted by molar-refractivity contribution is -0.125. The third-order valence-electron chi connectivity index (χ3n) is 6.97. The first-order valence-corrected chi connectivity index (χ1v) is 14.2. The Labute approximate surface area is 245 Å². The third-order valence-corrected chi connectivity index (χ3v) is 6.97. The highest BCUT2D eigenvalue weighted by molar-refractivity contribution is 6.01. The van der Waals surface area contributed by atoms with Crippen molar-refractivity contribution >= 4 is 29.5 Å². The molecule has 2 aromatic rings. The van der Waals surface area contributed by atoms with Crippen LogP contribution in [-0.4, -0.2) is 78.2 Å². The fourth-order valence-electron chi connectivity index (χ4n) is 4.84. The molecule has 0 spiro atoms. The highest BCUT2D eigenvalue weighted by Crippen LogP contribution is 2.24. The monoisotopic (exact) mass is 578 g/mol.